The number of amides is 1. The lowest BCUT2D eigenvalue weighted by Crippen LogP contribution is -2.29. The number of rotatable bonds is 9. The number of carbonyl (C=O) groups excluding carboxylic acids is 1. The normalized spacial score (nSPS) is 11.5. The Balaban J connectivity index is 2.34. The zero-order valence-electron chi connectivity index (χ0n) is 12.7. The molecule has 114 valence electrons. The van der Waals surface area contributed by atoms with Crippen LogP contribution in [-0.2, 0) is 11.2 Å². The molecule has 0 aromatic heterocycles. The largest absolute Gasteiger partial charge is 0.484 e. The Morgan fingerprint density at radius 3 is 2.71 bits per heavy atom. The minimum Gasteiger partial charge on any atom is -0.484 e. The van der Waals surface area contributed by atoms with Crippen LogP contribution in [0.4, 0.5) is 0 Å². The van der Waals surface area contributed by atoms with Crippen LogP contribution in [0.15, 0.2) is 24.3 Å². The first-order chi connectivity index (χ1) is 10.2. The maximum atomic E-state index is 11.4. The van der Waals surface area contributed by atoms with E-state index in [1.165, 1.54) is 5.56 Å². The van der Waals surface area contributed by atoms with Crippen molar-refractivity contribution in [3.8, 4) is 11.8 Å². The van der Waals surface area contributed by atoms with Crippen LogP contribution >= 0.6 is 0 Å². The van der Waals surface area contributed by atoms with Crippen LogP contribution in [0.25, 0.3) is 0 Å². The van der Waals surface area contributed by atoms with Gasteiger partial charge < -0.3 is 15.4 Å². The van der Waals surface area contributed by atoms with E-state index in [-0.39, 0.29) is 12.5 Å². The van der Waals surface area contributed by atoms with Gasteiger partial charge in [0, 0.05) is 12.6 Å². The van der Waals surface area contributed by atoms with Crippen molar-refractivity contribution in [2.45, 2.75) is 32.7 Å². The van der Waals surface area contributed by atoms with E-state index in [9.17, 15) is 4.79 Å². The average Bonchev–Trinajstić information content (AvgIpc) is 2.47. The summed E-state index contributed by atoms with van der Waals surface area (Å²) in [6, 6.07) is 10.2. The van der Waals surface area contributed by atoms with Crippen LogP contribution < -0.4 is 15.4 Å². The van der Waals surface area contributed by atoms with Gasteiger partial charge in [0.05, 0.1) is 12.5 Å². The van der Waals surface area contributed by atoms with Gasteiger partial charge in [0.25, 0.3) is 5.91 Å². The van der Waals surface area contributed by atoms with Gasteiger partial charge in [-0.15, -0.1) is 0 Å². The lowest BCUT2D eigenvalue weighted by Gasteiger charge is -2.12. The van der Waals surface area contributed by atoms with E-state index < -0.39 is 0 Å². The molecule has 0 radical (unpaired) electrons. The van der Waals surface area contributed by atoms with Gasteiger partial charge in [0.15, 0.2) is 6.61 Å². The van der Waals surface area contributed by atoms with Gasteiger partial charge in [-0.05, 0) is 37.6 Å². The van der Waals surface area contributed by atoms with Crippen molar-refractivity contribution in [1.29, 1.82) is 5.26 Å². The van der Waals surface area contributed by atoms with Gasteiger partial charge >= 0.3 is 0 Å². The fourth-order valence-corrected chi connectivity index (χ4v) is 1.95. The van der Waals surface area contributed by atoms with Crippen molar-refractivity contribution in [2.75, 3.05) is 19.7 Å². The summed E-state index contributed by atoms with van der Waals surface area (Å²) in [5.41, 5.74) is 1.23. The van der Waals surface area contributed by atoms with Crippen LogP contribution in [0, 0.1) is 11.3 Å². The van der Waals surface area contributed by atoms with Crippen LogP contribution in [0.2, 0.25) is 0 Å². The maximum absolute atomic E-state index is 11.4. The van der Waals surface area contributed by atoms with Gasteiger partial charge in [0.1, 0.15) is 5.75 Å². The second kappa shape index (κ2) is 9.78. The van der Waals surface area contributed by atoms with Crippen molar-refractivity contribution < 1.29 is 9.53 Å². The van der Waals surface area contributed by atoms with Crippen LogP contribution in [0.1, 0.15) is 25.8 Å². The molecule has 21 heavy (non-hydrogen) atoms. The molecule has 1 rings (SSSR count). The topological polar surface area (TPSA) is 74.2 Å². The molecule has 0 saturated heterocycles. The lowest BCUT2D eigenvalue weighted by atomic mass is 10.1. The Hall–Kier alpha value is -2.06. The Bertz CT molecular complexity index is 465. The average molecular weight is 289 g/mol. The molecule has 0 bridgehead atoms. The van der Waals surface area contributed by atoms with Gasteiger partial charge in [-0.25, -0.2) is 0 Å². The predicted octanol–water partition coefficient (Wildman–Crippen LogP) is 1.64. The quantitative estimate of drug-likeness (QED) is 0.678. The van der Waals surface area contributed by atoms with Gasteiger partial charge in [-0.2, -0.15) is 5.26 Å². The summed E-state index contributed by atoms with van der Waals surface area (Å²) in [6.07, 6.45) is 1.27. The second-order valence-corrected chi connectivity index (χ2v) is 4.85. The Morgan fingerprint density at radius 2 is 2.10 bits per heavy atom. The molecule has 5 heteroatoms. The zero-order valence-corrected chi connectivity index (χ0v) is 12.7. The number of nitrogens with one attached hydrogen (secondary N) is 2. The monoisotopic (exact) mass is 289 g/mol. The van der Waals surface area contributed by atoms with E-state index in [2.05, 4.69) is 24.5 Å². The molecule has 1 amide bonds. The van der Waals surface area contributed by atoms with Gasteiger partial charge in [0.2, 0.25) is 0 Å². The standard InChI is InChI=1S/C16H23N3O2/c1-3-18-13(2)11-14-5-7-15(8-6-14)21-12-16(20)19-10-4-9-17/h5-8,13,18H,3-4,10-12H2,1-2H3,(H,19,20). The fraction of sp³-hybridized carbons (Fsp3) is 0.500. The highest BCUT2D eigenvalue weighted by atomic mass is 16.5. The minimum absolute atomic E-state index is 0.0292. The molecule has 5 nitrogen and oxygen atoms in total. The number of hydrogen-bond acceptors (Lipinski definition) is 4. The molecule has 0 aliphatic heterocycles. The molecule has 0 aliphatic rings. The summed E-state index contributed by atoms with van der Waals surface area (Å²) in [5, 5.41) is 14.3. The second-order valence-electron chi connectivity index (χ2n) is 4.85. The van der Waals surface area contributed by atoms with E-state index in [1.54, 1.807) is 0 Å². The van der Waals surface area contributed by atoms with Crippen LogP contribution in [0.3, 0.4) is 0 Å². The van der Waals surface area contributed by atoms with E-state index in [0.29, 0.717) is 24.8 Å². The van der Waals surface area contributed by atoms with Crippen molar-refractivity contribution >= 4 is 5.91 Å². The number of nitrogens with zero attached hydrogens (tertiary/aromatic N) is 1. The zero-order chi connectivity index (χ0) is 15.5. The molecular weight excluding hydrogens is 266 g/mol. The summed E-state index contributed by atoms with van der Waals surface area (Å²) in [4.78, 5) is 11.4. The molecule has 2 N–H and O–H groups in total. The molecule has 1 unspecified atom stereocenters. The molecule has 0 fully saturated rings. The predicted molar refractivity (Wildman–Crippen MR) is 82.0 cm³/mol. The van der Waals surface area contributed by atoms with E-state index in [0.717, 1.165) is 13.0 Å². The van der Waals surface area contributed by atoms with Crippen molar-refractivity contribution in [1.82, 2.24) is 10.6 Å². The molecule has 0 spiro atoms. The third-order valence-corrected chi connectivity index (χ3v) is 2.95. The number of benzene rings is 1. The SMILES string of the molecule is CCNC(C)Cc1ccc(OCC(=O)NCCC#N)cc1. The van der Waals surface area contributed by atoms with E-state index >= 15 is 0 Å². The number of nitriles is 1. The van der Waals surface area contributed by atoms with Crippen molar-refractivity contribution in [2.24, 2.45) is 0 Å². The Labute approximate surface area is 126 Å². The first kappa shape index (κ1) is 17.0. The van der Waals surface area contributed by atoms with E-state index in [4.69, 9.17) is 10.00 Å². The number of hydrogen-bond donors (Lipinski definition) is 2. The molecule has 0 heterocycles. The third kappa shape index (κ3) is 7.33. The molecule has 1 aromatic carbocycles. The molecule has 1 atom stereocenters. The van der Waals surface area contributed by atoms with Gasteiger partial charge in [-0.3, -0.25) is 4.79 Å². The first-order valence-corrected chi connectivity index (χ1v) is 7.24. The molecular formula is C16H23N3O2. The van der Waals surface area contributed by atoms with Crippen LogP contribution in [0.5, 0.6) is 5.75 Å². The number of carbonyl (C=O) groups is 1. The van der Waals surface area contributed by atoms with Crippen molar-refractivity contribution in [3.05, 3.63) is 29.8 Å². The summed E-state index contributed by atoms with van der Waals surface area (Å²) >= 11 is 0. The highest BCUT2D eigenvalue weighted by molar-refractivity contribution is 5.77. The first-order valence-electron chi connectivity index (χ1n) is 7.24. The van der Waals surface area contributed by atoms with Gasteiger partial charge in [-0.1, -0.05) is 19.1 Å². The fourth-order valence-electron chi connectivity index (χ4n) is 1.95. The maximum Gasteiger partial charge on any atom is 0.257 e. The summed E-state index contributed by atoms with van der Waals surface area (Å²) in [5.74, 6) is 0.459. The Morgan fingerprint density at radius 1 is 1.38 bits per heavy atom. The van der Waals surface area contributed by atoms with Crippen LogP contribution in [-0.4, -0.2) is 31.6 Å². The number of likely N-dealkylation sites (N-methyl/N-ethyl adjacent to an activating group) is 1. The Kier molecular flexibility index (Phi) is 7.92. The third-order valence-electron chi connectivity index (χ3n) is 2.95. The summed E-state index contributed by atoms with van der Waals surface area (Å²) in [6.45, 7) is 5.54. The van der Waals surface area contributed by atoms with E-state index in [1.807, 2.05) is 30.3 Å². The lowest BCUT2D eigenvalue weighted by molar-refractivity contribution is -0.123. The molecule has 0 aliphatic carbocycles. The number of ether oxygens (including phenoxy) is 1. The minimum atomic E-state index is -0.213. The molecule has 1 aromatic rings. The smallest absolute Gasteiger partial charge is 0.257 e. The van der Waals surface area contributed by atoms with Crippen molar-refractivity contribution in [3.63, 3.8) is 0 Å². The summed E-state index contributed by atoms with van der Waals surface area (Å²) in [7, 11) is 0. The highest BCUT2D eigenvalue weighted by Crippen LogP contribution is 2.13. The molecule has 0 saturated carbocycles. The highest BCUT2D eigenvalue weighted by Gasteiger charge is 2.04. The summed E-state index contributed by atoms with van der Waals surface area (Å²) < 4.78 is 5.40.